The van der Waals surface area contributed by atoms with Crippen molar-refractivity contribution in [3.63, 3.8) is 0 Å². The Morgan fingerprint density at radius 3 is 1.45 bits per heavy atom. The van der Waals surface area contributed by atoms with E-state index < -0.39 is 0 Å². The molecule has 0 aromatic heterocycles. The second-order valence-corrected chi connectivity index (χ2v) is 20.0. The first-order valence-corrected chi connectivity index (χ1v) is 28.2. The van der Waals surface area contributed by atoms with Crippen molar-refractivity contribution in [3.8, 4) is 0 Å². The first-order chi connectivity index (χ1) is 31.4. The van der Waals surface area contributed by atoms with Crippen molar-refractivity contribution < 1.29 is 14.3 Å². The summed E-state index contributed by atoms with van der Waals surface area (Å²) in [6.45, 7) is 16.7. The highest BCUT2D eigenvalue weighted by atomic mass is 16.5. The molecule has 372 valence electrons. The molecule has 0 amide bonds. The summed E-state index contributed by atoms with van der Waals surface area (Å²) < 4.78 is 12.1. The van der Waals surface area contributed by atoms with Crippen molar-refractivity contribution in [2.24, 2.45) is 11.8 Å². The Morgan fingerprint density at radius 2 is 0.953 bits per heavy atom. The number of nitrogens with zero attached hydrogens (tertiary/aromatic N) is 1. The average Bonchev–Trinajstić information content (AvgIpc) is 4.15. The topological polar surface area (TPSA) is 84.9 Å². The van der Waals surface area contributed by atoms with Crippen LogP contribution in [0.3, 0.4) is 0 Å². The Hall–Kier alpha value is -2.15. The number of anilines is 1. The van der Waals surface area contributed by atoms with Gasteiger partial charge in [-0.3, -0.25) is 14.4 Å². The highest BCUT2D eigenvalue weighted by molar-refractivity contribution is 5.69. The van der Waals surface area contributed by atoms with Crippen LogP contribution in [-0.2, 0) is 20.7 Å². The van der Waals surface area contributed by atoms with E-state index >= 15 is 0 Å². The Labute approximate surface area is 395 Å². The molecule has 1 aromatic carbocycles. The maximum Gasteiger partial charge on any atom is 0.305 e. The first kappa shape index (κ1) is 58.0. The molecular formula is C57H104N2O5. The number of carbonyl (C=O) groups excluding carboxylic acids is 1. The lowest BCUT2D eigenvalue weighted by molar-refractivity contribution is -0.144. The van der Waals surface area contributed by atoms with Crippen LogP contribution in [0, 0.1) is 11.8 Å². The predicted octanol–water partition coefficient (Wildman–Crippen LogP) is 15.7. The zero-order chi connectivity index (χ0) is 46.3. The number of allylic oxidation sites excluding steroid dienone is 2. The van der Waals surface area contributed by atoms with Crippen LogP contribution in [-0.4, -0.2) is 50.3 Å². The Kier molecular flexibility index (Phi) is 36.2. The Bertz CT molecular complexity index is 1340. The van der Waals surface area contributed by atoms with Gasteiger partial charge < -0.3 is 19.7 Å². The van der Waals surface area contributed by atoms with Crippen molar-refractivity contribution in [2.75, 3.05) is 44.7 Å². The molecule has 0 heterocycles. The number of unbranched alkanes of at least 4 members (excludes halogenated alkanes) is 16. The van der Waals surface area contributed by atoms with Gasteiger partial charge in [0.25, 0.3) is 0 Å². The van der Waals surface area contributed by atoms with E-state index in [1.165, 1.54) is 186 Å². The molecule has 7 nitrogen and oxygen atoms in total. The lowest BCUT2D eigenvalue weighted by atomic mass is 9.91. The summed E-state index contributed by atoms with van der Waals surface area (Å²) in [7, 11) is 0. The molecule has 1 fully saturated rings. The number of esters is 1. The Balaban J connectivity index is 1.67. The van der Waals surface area contributed by atoms with Crippen molar-refractivity contribution in [2.45, 2.75) is 272 Å². The van der Waals surface area contributed by atoms with Crippen molar-refractivity contribution in [3.05, 3.63) is 37.3 Å². The van der Waals surface area contributed by atoms with Gasteiger partial charge >= 0.3 is 5.97 Å². The van der Waals surface area contributed by atoms with E-state index in [1.54, 1.807) is 5.57 Å². The van der Waals surface area contributed by atoms with Gasteiger partial charge in [-0.1, -0.05) is 182 Å². The number of ether oxygens (including phenoxy) is 2. The molecule has 0 atom stereocenters. The maximum atomic E-state index is 12.5. The molecule has 1 aliphatic carbocycles. The molecule has 7 heteroatoms. The SMILES string of the molecule is CCCCCC(CCCCC)CCCOC(=O)CCCCCCCN(CCCCCCCC(OCCCC(CCCCC)CCCCC)=C1CC1)CCCNc1c(CCC)c(=O)c1=O. The maximum absolute atomic E-state index is 12.5. The van der Waals surface area contributed by atoms with Crippen LogP contribution >= 0.6 is 0 Å². The molecular weight excluding hydrogens is 793 g/mol. The quantitative estimate of drug-likeness (QED) is 0.0302. The standard InChI is InChI=1S/C57H104N2O5/c1-6-11-21-33-49(34-22-12-7-2)37-29-47-63-53(51-41-42-51)39-25-17-15-19-27-44-59(46-31-43-58-55-52(32-10-5)56(61)57(55)62)45-28-20-16-18-26-40-54(60)64-48-30-38-50(35-23-13-8-3)36-24-14-9-4/h49-50,58H,6-48H2,1-5H3. The molecule has 2 rings (SSSR count). The molecule has 1 N–H and O–H groups in total. The van der Waals surface area contributed by atoms with Gasteiger partial charge in [-0.15, -0.1) is 0 Å². The molecule has 0 aliphatic heterocycles. The van der Waals surface area contributed by atoms with E-state index in [-0.39, 0.29) is 16.8 Å². The van der Waals surface area contributed by atoms with Crippen LogP contribution < -0.4 is 16.2 Å². The van der Waals surface area contributed by atoms with E-state index in [4.69, 9.17) is 9.47 Å². The second-order valence-electron chi connectivity index (χ2n) is 20.0. The van der Waals surface area contributed by atoms with Crippen LogP contribution in [0.15, 0.2) is 20.9 Å². The predicted molar refractivity (Wildman–Crippen MR) is 275 cm³/mol. The average molecular weight is 897 g/mol. The summed E-state index contributed by atoms with van der Waals surface area (Å²) in [6, 6.07) is 0. The smallest absolute Gasteiger partial charge is 0.305 e. The van der Waals surface area contributed by atoms with E-state index in [0.717, 1.165) is 89.6 Å². The van der Waals surface area contributed by atoms with Gasteiger partial charge in [-0.2, -0.15) is 0 Å². The summed E-state index contributed by atoms with van der Waals surface area (Å²) >= 11 is 0. The van der Waals surface area contributed by atoms with E-state index in [9.17, 15) is 14.4 Å². The second kappa shape index (κ2) is 40.0. The number of carbonyl (C=O) groups is 1. The lowest BCUT2D eigenvalue weighted by Crippen LogP contribution is -2.39. The zero-order valence-electron chi connectivity index (χ0n) is 43.0. The normalized spacial score (nSPS) is 12.7. The molecule has 64 heavy (non-hydrogen) atoms. The highest BCUT2D eigenvalue weighted by Crippen LogP contribution is 2.35. The van der Waals surface area contributed by atoms with E-state index in [2.05, 4.69) is 37.9 Å². The number of hydrogen-bond donors (Lipinski definition) is 1. The van der Waals surface area contributed by atoms with Gasteiger partial charge in [-0.05, 0) is 114 Å². The summed E-state index contributed by atoms with van der Waals surface area (Å²) in [5.74, 6) is 3.00. The molecule has 0 radical (unpaired) electrons. The largest absolute Gasteiger partial charge is 0.498 e. The molecule has 0 saturated heterocycles. The van der Waals surface area contributed by atoms with Crippen LogP contribution in [0.4, 0.5) is 5.69 Å². The first-order valence-electron chi connectivity index (χ1n) is 28.2. The zero-order valence-corrected chi connectivity index (χ0v) is 43.0. The monoisotopic (exact) mass is 897 g/mol. The minimum Gasteiger partial charge on any atom is -0.498 e. The number of rotatable bonds is 48. The van der Waals surface area contributed by atoms with Crippen LogP contribution in [0.25, 0.3) is 0 Å². The molecule has 1 aromatic rings. The molecule has 0 unspecified atom stereocenters. The summed E-state index contributed by atoms with van der Waals surface area (Å²) in [4.78, 5) is 39.3. The fourth-order valence-corrected chi connectivity index (χ4v) is 9.74. The van der Waals surface area contributed by atoms with Crippen LogP contribution in [0.5, 0.6) is 0 Å². The van der Waals surface area contributed by atoms with Gasteiger partial charge in [0.2, 0.25) is 10.9 Å². The van der Waals surface area contributed by atoms with E-state index in [0.29, 0.717) is 30.7 Å². The molecule has 0 spiro atoms. The fourth-order valence-electron chi connectivity index (χ4n) is 9.74. The van der Waals surface area contributed by atoms with Gasteiger partial charge in [0.05, 0.1) is 24.7 Å². The van der Waals surface area contributed by atoms with Crippen molar-refractivity contribution in [1.29, 1.82) is 0 Å². The third-order valence-corrected chi connectivity index (χ3v) is 14.0. The summed E-state index contributed by atoms with van der Waals surface area (Å²) in [5.41, 5.74) is 2.23. The fraction of sp³-hybridized carbons (Fsp3) is 0.877. The van der Waals surface area contributed by atoms with Crippen LogP contribution in [0.1, 0.15) is 271 Å². The minimum absolute atomic E-state index is 0.0163. The van der Waals surface area contributed by atoms with Crippen molar-refractivity contribution >= 4 is 11.7 Å². The number of hydrogen-bond acceptors (Lipinski definition) is 7. The van der Waals surface area contributed by atoms with E-state index in [1.807, 2.05) is 6.92 Å². The highest BCUT2D eigenvalue weighted by Gasteiger charge is 2.20. The van der Waals surface area contributed by atoms with Crippen molar-refractivity contribution in [1.82, 2.24) is 4.90 Å². The third-order valence-electron chi connectivity index (χ3n) is 14.0. The minimum atomic E-state index is -0.334. The summed E-state index contributed by atoms with van der Waals surface area (Å²) in [5, 5.41) is 3.31. The Morgan fingerprint density at radius 1 is 0.500 bits per heavy atom. The van der Waals surface area contributed by atoms with Crippen LogP contribution in [0.2, 0.25) is 0 Å². The molecule has 1 saturated carbocycles. The van der Waals surface area contributed by atoms with Gasteiger partial charge in [0.15, 0.2) is 0 Å². The molecule has 1 aliphatic rings. The van der Waals surface area contributed by atoms with Gasteiger partial charge in [-0.25, -0.2) is 0 Å². The lowest BCUT2D eigenvalue weighted by Gasteiger charge is -2.23. The van der Waals surface area contributed by atoms with Gasteiger partial charge in [0.1, 0.15) is 0 Å². The van der Waals surface area contributed by atoms with Gasteiger partial charge in [0, 0.05) is 24.9 Å². The molecule has 0 bridgehead atoms. The third kappa shape index (κ3) is 28.8. The number of nitrogens with one attached hydrogen (secondary N) is 1. The summed E-state index contributed by atoms with van der Waals surface area (Å²) in [6.07, 6.45) is 44.8.